The van der Waals surface area contributed by atoms with E-state index in [1.54, 1.807) is 13.8 Å². The molecule has 0 saturated heterocycles. The van der Waals surface area contributed by atoms with Crippen molar-refractivity contribution in [2.24, 2.45) is 5.73 Å². The lowest BCUT2D eigenvalue weighted by atomic mass is 9.77. The second kappa shape index (κ2) is 6.98. The molecule has 0 aromatic carbocycles. The van der Waals surface area contributed by atoms with E-state index in [9.17, 15) is 19.5 Å². The fraction of sp³-hybridized carbons (Fsp3) is 0.438. The Morgan fingerprint density at radius 3 is 2.48 bits per heavy atom. The molecule has 0 saturated carbocycles. The van der Waals surface area contributed by atoms with Gasteiger partial charge in [0.25, 0.3) is 0 Å². The smallest absolute Gasteiger partial charge is 0.341 e. The standard InChI is InChI=1S/C16H19NO8/c1-4-22-14(20)10-13(17)25-11-9(19)6-8(7-18)24-12(11)16(10,3)15(21)23-5-2/h6,18H,4-5,7,17H2,1-3H3. The maximum atomic E-state index is 12.7. The van der Waals surface area contributed by atoms with Gasteiger partial charge in [0.05, 0.1) is 13.2 Å². The van der Waals surface area contributed by atoms with Crippen LogP contribution in [-0.2, 0) is 31.1 Å². The van der Waals surface area contributed by atoms with Crippen LogP contribution in [0.2, 0.25) is 0 Å². The zero-order valence-electron chi connectivity index (χ0n) is 14.1. The van der Waals surface area contributed by atoms with E-state index in [-0.39, 0.29) is 36.1 Å². The number of fused-ring (bicyclic) bond motifs is 1. The average molecular weight is 353 g/mol. The van der Waals surface area contributed by atoms with Crippen LogP contribution in [0, 0.1) is 0 Å². The largest absolute Gasteiger partial charge is 0.465 e. The minimum Gasteiger partial charge on any atom is -0.465 e. The second-order valence-electron chi connectivity index (χ2n) is 5.30. The van der Waals surface area contributed by atoms with Crippen molar-refractivity contribution >= 4 is 11.9 Å². The van der Waals surface area contributed by atoms with Crippen molar-refractivity contribution < 1.29 is 33.3 Å². The molecule has 9 nitrogen and oxygen atoms in total. The third kappa shape index (κ3) is 2.98. The first-order valence-corrected chi connectivity index (χ1v) is 7.61. The van der Waals surface area contributed by atoms with Gasteiger partial charge in [-0.25, -0.2) is 4.79 Å². The van der Waals surface area contributed by atoms with Crippen molar-refractivity contribution in [3.05, 3.63) is 39.3 Å². The predicted octanol–water partition coefficient (Wildman–Crippen LogP) is 0.0787. The summed E-state index contributed by atoms with van der Waals surface area (Å²) >= 11 is 0. The number of carbonyl (C=O) groups excluding carboxylic acids is 2. The lowest BCUT2D eigenvalue weighted by Gasteiger charge is -2.32. The van der Waals surface area contributed by atoms with Crippen LogP contribution < -0.4 is 15.9 Å². The molecule has 2 rings (SSSR count). The number of aliphatic hydroxyl groups is 1. The van der Waals surface area contributed by atoms with E-state index in [1.807, 2.05) is 0 Å². The topological polar surface area (TPSA) is 138 Å². The highest BCUT2D eigenvalue weighted by Crippen LogP contribution is 2.43. The molecule has 0 bridgehead atoms. The summed E-state index contributed by atoms with van der Waals surface area (Å²) in [6, 6.07) is 1.01. The quantitative estimate of drug-likeness (QED) is 0.704. The average Bonchev–Trinajstić information content (AvgIpc) is 2.56. The number of rotatable bonds is 5. The molecule has 1 unspecified atom stereocenters. The van der Waals surface area contributed by atoms with E-state index in [0.29, 0.717) is 0 Å². The van der Waals surface area contributed by atoms with Crippen molar-refractivity contribution in [1.29, 1.82) is 0 Å². The molecule has 136 valence electrons. The van der Waals surface area contributed by atoms with Gasteiger partial charge >= 0.3 is 11.9 Å². The van der Waals surface area contributed by atoms with Crippen molar-refractivity contribution in [3.8, 4) is 5.75 Å². The number of ether oxygens (including phenoxy) is 3. The van der Waals surface area contributed by atoms with E-state index in [2.05, 4.69) is 0 Å². The highest BCUT2D eigenvalue weighted by atomic mass is 16.5. The fourth-order valence-corrected chi connectivity index (χ4v) is 2.53. The van der Waals surface area contributed by atoms with Gasteiger partial charge in [-0.1, -0.05) is 0 Å². The Labute approximate surface area is 143 Å². The summed E-state index contributed by atoms with van der Waals surface area (Å²) in [5.41, 5.74) is 2.93. The third-order valence-electron chi connectivity index (χ3n) is 3.69. The fourth-order valence-electron chi connectivity index (χ4n) is 2.53. The molecule has 0 radical (unpaired) electrons. The highest BCUT2D eigenvalue weighted by Gasteiger charge is 2.54. The highest BCUT2D eigenvalue weighted by molar-refractivity contribution is 6.02. The number of nitrogens with two attached hydrogens (primary N) is 1. The summed E-state index contributed by atoms with van der Waals surface area (Å²) in [7, 11) is 0. The van der Waals surface area contributed by atoms with Gasteiger partial charge in [0.15, 0.2) is 11.2 Å². The molecule has 0 amide bonds. The zero-order valence-corrected chi connectivity index (χ0v) is 14.1. The Morgan fingerprint density at radius 2 is 1.92 bits per heavy atom. The molecule has 1 aromatic heterocycles. The third-order valence-corrected chi connectivity index (χ3v) is 3.69. The SMILES string of the molecule is CCOC(=O)C1=C(N)Oc2c(oc(CO)cc2=O)C1(C)C(=O)OCC. The molecular formula is C16H19NO8. The maximum Gasteiger partial charge on any atom is 0.341 e. The van der Waals surface area contributed by atoms with E-state index >= 15 is 0 Å². The number of carbonyl (C=O) groups is 2. The van der Waals surface area contributed by atoms with Crippen LogP contribution in [0.25, 0.3) is 0 Å². The first kappa shape index (κ1) is 18.5. The summed E-state index contributed by atoms with van der Waals surface area (Å²) < 4.78 is 20.7. The summed E-state index contributed by atoms with van der Waals surface area (Å²) in [5, 5.41) is 9.27. The molecular weight excluding hydrogens is 334 g/mol. The molecule has 0 aliphatic carbocycles. The molecule has 1 aliphatic heterocycles. The molecule has 1 aliphatic rings. The Bertz CT molecular complexity index is 794. The van der Waals surface area contributed by atoms with Crippen molar-refractivity contribution in [2.75, 3.05) is 13.2 Å². The number of esters is 2. The number of aliphatic hydroxyl groups excluding tert-OH is 1. The summed E-state index contributed by atoms with van der Waals surface area (Å²) in [4.78, 5) is 37.2. The Balaban J connectivity index is 2.79. The predicted molar refractivity (Wildman–Crippen MR) is 83.4 cm³/mol. The molecule has 3 N–H and O–H groups in total. The summed E-state index contributed by atoms with van der Waals surface area (Å²) in [6.45, 7) is 3.94. The maximum absolute atomic E-state index is 12.7. The number of hydrogen-bond donors (Lipinski definition) is 2. The van der Waals surface area contributed by atoms with Crippen LogP contribution in [0.1, 0.15) is 32.3 Å². The van der Waals surface area contributed by atoms with Crippen molar-refractivity contribution in [2.45, 2.75) is 32.8 Å². The Kier molecular flexibility index (Phi) is 5.17. The lowest BCUT2D eigenvalue weighted by molar-refractivity contribution is -0.152. The Hall–Kier alpha value is -2.81. The van der Waals surface area contributed by atoms with Gasteiger partial charge in [0.2, 0.25) is 17.1 Å². The molecule has 2 heterocycles. The van der Waals surface area contributed by atoms with Crippen LogP contribution in [0.15, 0.2) is 26.7 Å². The minimum atomic E-state index is -1.87. The summed E-state index contributed by atoms with van der Waals surface area (Å²) in [5.74, 6) is -2.96. The van der Waals surface area contributed by atoms with Crippen LogP contribution in [-0.4, -0.2) is 30.3 Å². The van der Waals surface area contributed by atoms with Gasteiger partial charge in [-0.05, 0) is 20.8 Å². The van der Waals surface area contributed by atoms with Gasteiger partial charge in [-0.15, -0.1) is 0 Å². The normalized spacial score (nSPS) is 19.0. The Morgan fingerprint density at radius 1 is 1.28 bits per heavy atom. The van der Waals surface area contributed by atoms with E-state index in [1.165, 1.54) is 6.92 Å². The molecule has 1 atom stereocenters. The first-order valence-electron chi connectivity index (χ1n) is 7.61. The van der Waals surface area contributed by atoms with Gasteiger partial charge in [0.1, 0.15) is 17.9 Å². The molecule has 0 spiro atoms. The number of hydrogen-bond acceptors (Lipinski definition) is 9. The van der Waals surface area contributed by atoms with Crippen LogP contribution in [0.3, 0.4) is 0 Å². The van der Waals surface area contributed by atoms with Gasteiger partial charge in [-0.2, -0.15) is 0 Å². The van der Waals surface area contributed by atoms with Crippen LogP contribution >= 0.6 is 0 Å². The van der Waals surface area contributed by atoms with Crippen LogP contribution in [0.4, 0.5) is 0 Å². The van der Waals surface area contributed by atoms with Crippen molar-refractivity contribution in [3.63, 3.8) is 0 Å². The van der Waals surface area contributed by atoms with E-state index in [0.717, 1.165) is 6.07 Å². The zero-order chi connectivity index (χ0) is 18.8. The van der Waals surface area contributed by atoms with Gasteiger partial charge in [-0.3, -0.25) is 9.59 Å². The van der Waals surface area contributed by atoms with Crippen LogP contribution in [0.5, 0.6) is 5.75 Å². The first-order chi connectivity index (χ1) is 11.8. The molecule has 0 fully saturated rings. The molecule has 25 heavy (non-hydrogen) atoms. The van der Waals surface area contributed by atoms with Crippen molar-refractivity contribution in [1.82, 2.24) is 0 Å². The van der Waals surface area contributed by atoms with Gasteiger partial charge in [0, 0.05) is 6.07 Å². The van der Waals surface area contributed by atoms with Gasteiger partial charge < -0.3 is 29.5 Å². The second-order valence-corrected chi connectivity index (χ2v) is 5.30. The lowest BCUT2D eigenvalue weighted by Crippen LogP contribution is -2.46. The monoisotopic (exact) mass is 353 g/mol. The molecule has 1 aromatic rings. The van der Waals surface area contributed by atoms with E-state index < -0.39 is 35.3 Å². The summed E-state index contributed by atoms with van der Waals surface area (Å²) in [6.07, 6.45) is 0. The minimum absolute atomic E-state index is 0.0184. The van der Waals surface area contributed by atoms with E-state index in [4.69, 9.17) is 24.4 Å². The molecule has 9 heteroatoms.